The first kappa shape index (κ1) is 14.0. The number of nitrogens with one attached hydrogen (secondary N) is 1. The number of hydrogen-bond donors (Lipinski definition) is 1. The van der Waals surface area contributed by atoms with Crippen molar-refractivity contribution in [3.8, 4) is 0 Å². The molecule has 0 aliphatic carbocycles. The molecule has 2 aromatic rings. The Kier molecular flexibility index (Phi) is 4.31. The third-order valence-corrected chi connectivity index (χ3v) is 3.02. The van der Waals surface area contributed by atoms with Gasteiger partial charge in [-0.05, 0) is 18.6 Å². The number of carbonyl (C=O) groups excluding carboxylic acids is 2. The smallest absolute Gasteiger partial charge is 0.221 e. The Labute approximate surface area is 118 Å². The van der Waals surface area contributed by atoms with E-state index in [4.69, 9.17) is 0 Å². The summed E-state index contributed by atoms with van der Waals surface area (Å²) in [6, 6.07) is 14.9. The molecule has 0 unspecified atom stereocenters. The van der Waals surface area contributed by atoms with E-state index < -0.39 is 0 Å². The van der Waals surface area contributed by atoms with Crippen LogP contribution >= 0.6 is 0 Å². The average molecular weight is 267 g/mol. The SMILES string of the molecule is CC(=O)Nc1ccc(C)cc1CC(=O)c1ccccc1. The van der Waals surface area contributed by atoms with E-state index in [0.717, 1.165) is 11.1 Å². The minimum absolute atomic E-state index is 0.0443. The van der Waals surface area contributed by atoms with Gasteiger partial charge in [-0.25, -0.2) is 0 Å². The lowest BCUT2D eigenvalue weighted by molar-refractivity contribution is -0.114. The van der Waals surface area contributed by atoms with Crippen LogP contribution in [0.15, 0.2) is 48.5 Å². The monoisotopic (exact) mass is 267 g/mol. The topological polar surface area (TPSA) is 46.2 Å². The summed E-state index contributed by atoms with van der Waals surface area (Å²) in [6.07, 6.45) is 0.279. The van der Waals surface area contributed by atoms with Crippen LogP contribution in [0.3, 0.4) is 0 Å². The molecule has 20 heavy (non-hydrogen) atoms. The van der Waals surface area contributed by atoms with Gasteiger partial charge in [-0.2, -0.15) is 0 Å². The number of ketones is 1. The summed E-state index contributed by atoms with van der Waals surface area (Å²) < 4.78 is 0. The van der Waals surface area contributed by atoms with Crippen LogP contribution in [-0.4, -0.2) is 11.7 Å². The molecule has 0 saturated carbocycles. The summed E-state index contributed by atoms with van der Waals surface area (Å²) in [7, 11) is 0. The van der Waals surface area contributed by atoms with Crippen LogP contribution in [0.5, 0.6) is 0 Å². The number of rotatable bonds is 4. The number of hydrogen-bond acceptors (Lipinski definition) is 2. The van der Waals surface area contributed by atoms with Gasteiger partial charge >= 0.3 is 0 Å². The maximum Gasteiger partial charge on any atom is 0.221 e. The van der Waals surface area contributed by atoms with Crippen molar-refractivity contribution in [3.05, 3.63) is 65.2 Å². The van der Waals surface area contributed by atoms with Gasteiger partial charge in [0.05, 0.1) is 0 Å². The van der Waals surface area contributed by atoms with Gasteiger partial charge in [0.15, 0.2) is 5.78 Å². The van der Waals surface area contributed by atoms with Crippen LogP contribution in [-0.2, 0) is 11.2 Å². The third kappa shape index (κ3) is 3.54. The predicted octanol–water partition coefficient (Wildman–Crippen LogP) is 3.38. The van der Waals surface area contributed by atoms with E-state index in [1.807, 2.05) is 43.3 Å². The Hall–Kier alpha value is -2.42. The third-order valence-electron chi connectivity index (χ3n) is 3.02. The summed E-state index contributed by atoms with van der Waals surface area (Å²) in [5, 5.41) is 2.77. The molecule has 2 aromatic carbocycles. The molecule has 0 aliphatic heterocycles. The van der Waals surface area contributed by atoms with Crippen molar-refractivity contribution in [3.63, 3.8) is 0 Å². The summed E-state index contributed by atoms with van der Waals surface area (Å²) >= 11 is 0. The second-order valence-electron chi connectivity index (χ2n) is 4.81. The van der Waals surface area contributed by atoms with E-state index in [9.17, 15) is 9.59 Å². The fourth-order valence-electron chi connectivity index (χ4n) is 2.08. The molecule has 2 rings (SSSR count). The molecule has 0 fully saturated rings. The van der Waals surface area contributed by atoms with Crippen LogP contribution in [0, 0.1) is 6.92 Å². The van der Waals surface area contributed by atoms with Gasteiger partial charge in [0.1, 0.15) is 0 Å². The van der Waals surface area contributed by atoms with Crippen LogP contribution in [0.1, 0.15) is 28.4 Å². The Morgan fingerprint density at radius 1 is 1.05 bits per heavy atom. The van der Waals surface area contributed by atoms with Gasteiger partial charge in [-0.1, -0.05) is 48.0 Å². The standard InChI is InChI=1S/C17H17NO2/c1-12-8-9-16(18-13(2)19)15(10-12)11-17(20)14-6-4-3-5-7-14/h3-10H,11H2,1-2H3,(H,18,19). The van der Waals surface area contributed by atoms with Gasteiger partial charge in [-0.3, -0.25) is 9.59 Å². The highest BCUT2D eigenvalue weighted by Gasteiger charge is 2.11. The molecule has 0 heterocycles. The second-order valence-corrected chi connectivity index (χ2v) is 4.81. The average Bonchev–Trinajstić information content (AvgIpc) is 2.42. The Bertz CT molecular complexity index is 633. The van der Waals surface area contributed by atoms with Crippen LogP contribution in [0.4, 0.5) is 5.69 Å². The lowest BCUT2D eigenvalue weighted by Crippen LogP contribution is -2.11. The molecule has 0 spiro atoms. The summed E-state index contributed by atoms with van der Waals surface area (Å²) in [4.78, 5) is 23.5. The number of Topliss-reactive ketones (excluding diaryl/α,β-unsaturated/α-hetero) is 1. The van der Waals surface area contributed by atoms with Crippen LogP contribution in [0.25, 0.3) is 0 Å². The number of aryl methyl sites for hydroxylation is 1. The minimum Gasteiger partial charge on any atom is -0.326 e. The van der Waals surface area contributed by atoms with Gasteiger partial charge in [-0.15, -0.1) is 0 Å². The molecule has 1 N–H and O–H groups in total. The number of anilines is 1. The van der Waals surface area contributed by atoms with Crippen molar-refractivity contribution in [2.75, 3.05) is 5.32 Å². The van der Waals surface area contributed by atoms with E-state index in [1.54, 1.807) is 12.1 Å². The fraction of sp³-hybridized carbons (Fsp3) is 0.176. The Balaban J connectivity index is 2.26. The Morgan fingerprint density at radius 2 is 1.75 bits per heavy atom. The fourth-order valence-corrected chi connectivity index (χ4v) is 2.08. The Morgan fingerprint density at radius 3 is 2.40 bits per heavy atom. The molecule has 0 aliphatic rings. The highest BCUT2D eigenvalue weighted by molar-refractivity contribution is 5.99. The summed E-state index contributed by atoms with van der Waals surface area (Å²) in [5.41, 5.74) is 3.29. The van der Waals surface area contributed by atoms with Crippen molar-refractivity contribution in [1.29, 1.82) is 0 Å². The zero-order valence-corrected chi connectivity index (χ0v) is 11.6. The molecule has 0 bridgehead atoms. The molecule has 0 saturated heterocycles. The first-order valence-corrected chi connectivity index (χ1v) is 6.51. The maximum atomic E-state index is 12.3. The van der Waals surface area contributed by atoms with Crippen molar-refractivity contribution < 1.29 is 9.59 Å². The van der Waals surface area contributed by atoms with Crippen molar-refractivity contribution in [2.24, 2.45) is 0 Å². The zero-order valence-electron chi connectivity index (χ0n) is 11.6. The van der Waals surface area contributed by atoms with E-state index in [1.165, 1.54) is 6.92 Å². The lowest BCUT2D eigenvalue weighted by atomic mass is 10.00. The van der Waals surface area contributed by atoms with Crippen LogP contribution in [0.2, 0.25) is 0 Å². The molecule has 0 aromatic heterocycles. The lowest BCUT2D eigenvalue weighted by Gasteiger charge is -2.10. The van der Waals surface area contributed by atoms with Gasteiger partial charge in [0.2, 0.25) is 5.91 Å². The number of benzene rings is 2. The van der Waals surface area contributed by atoms with Gasteiger partial charge in [0.25, 0.3) is 0 Å². The van der Waals surface area contributed by atoms with Crippen molar-refractivity contribution in [1.82, 2.24) is 0 Å². The first-order valence-electron chi connectivity index (χ1n) is 6.51. The molecule has 3 nitrogen and oxygen atoms in total. The number of amides is 1. The quantitative estimate of drug-likeness (QED) is 0.863. The van der Waals surface area contributed by atoms with E-state index >= 15 is 0 Å². The zero-order chi connectivity index (χ0) is 14.5. The normalized spacial score (nSPS) is 10.1. The highest BCUT2D eigenvalue weighted by Crippen LogP contribution is 2.19. The molecule has 1 amide bonds. The predicted molar refractivity (Wildman–Crippen MR) is 80.0 cm³/mol. The van der Waals surface area contributed by atoms with E-state index in [2.05, 4.69) is 5.32 Å². The van der Waals surface area contributed by atoms with Gasteiger partial charge < -0.3 is 5.32 Å². The highest BCUT2D eigenvalue weighted by atomic mass is 16.1. The van der Waals surface area contributed by atoms with Crippen molar-refractivity contribution >= 4 is 17.4 Å². The molecule has 102 valence electrons. The molecule has 0 atom stereocenters. The minimum atomic E-state index is -0.137. The summed E-state index contributed by atoms with van der Waals surface area (Å²) in [6.45, 7) is 3.43. The van der Waals surface area contributed by atoms with Crippen LogP contribution < -0.4 is 5.32 Å². The van der Waals surface area contributed by atoms with Crippen molar-refractivity contribution in [2.45, 2.75) is 20.3 Å². The molecule has 3 heteroatoms. The number of carbonyl (C=O) groups is 2. The molecule has 0 radical (unpaired) electrons. The van der Waals surface area contributed by atoms with Gasteiger partial charge in [0, 0.05) is 24.6 Å². The largest absolute Gasteiger partial charge is 0.326 e. The molecular formula is C17H17NO2. The summed E-state index contributed by atoms with van der Waals surface area (Å²) in [5.74, 6) is -0.0925. The first-order chi connectivity index (χ1) is 9.56. The molecular weight excluding hydrogens is 250 g/mol. The maximum absolute atomic E-state index is 12.3. The van der Waals surface area contributed by atoms with E-state index in [0.29, 0.717) is 11.3 Å². The second kappa shape index (κ2) is 6.15. The van der Waals surface area contributed by atoms with E-state index in [-0.39, 0.29) is 18.1 Å².